The monoisotopic (exact) mass is 441 g/mol. The molecule has 31 heavy (non-hydrogen) atoms. The highest BCUT2D eigenvalue weighted by Crippen LogP contribution is 2.30. The highest BCUT2D eigenvalue weighted by Gasteiger charge is 2.27. The van der Waals surface area contributed by atoms with Gasteiger partial charge in [0.25, 0.3) is 5.91 Å². The van der Waals surface area contributed by atoms with E-state index in [2.05, 4.69) is 4.90 Å². The number of ether oxygens (including phenoxy) is 2. The van der Waals surface area contributed by atoms with Crippen molar-refractivity contribution in [3.63, 3.8) is 0 Å². The normalized spacial score (nSPS) is 14.5. The van der Waals surface area contributed by atoms with Crippen LogP contribution in [-0.2, 0) is 6.54 Å². The fourth-order valence-corrected chi connectivity index (χ4v) is 4.50. The Hall–Kier alpha value is -2.97. The topological polar surface area (TPSA) is 54.9 Å². The fraction of sp³-hybridized carbons (Fsp3) is 0.304. The number of thiazole rings is 1. The van der Waals surface area contributed by atoms with Gasteiger partial charge in [-0.05, 0) is 36.4 Å². The van der Waals surface area contributed by atoms with Crippen LogP contribution >= 0.6 is 11.3 Å². The molecule has 1 fully saturated rings. The van der Waals surface area contributed by atoms with Crippen LogP contribution in [0.4, 0.5) is 4.39 Å². The van der Waals surface area contributed by atoms with Gasteiger partial charge in [-0.3, -0.25) is 9.69 Å². The van der Waals surface area contributed by atoms with Crippen LogP contribution in [0.2, 0.25) is 0 Å². The third-order valence-corrected chi connectivity index (χ3v) is 6.19. The summed E-state index contributed by atoms with van der Waals surface area (Å²) in [6.07, 6.45) is 0. The van der Waals surface area contributed by atoms with E-state index < -0.39 is 0 Å². The summed E-state index contributed by atoms with van der Waals surface area (Å²) in [7, 11) is 3.11. The third-order valence-electron chi connectivity index (χ3n) is 5.35. The molecule has 2 heterocycles. The third kappa shape index (κ3) is 4.70. The van der Waals surface area contributed by atoms with Gasteiger partial charge in [-0.15, -0.1) is 11.3 Å². The molecule has 0 aliphatic carbocycles. The zero-order chi connectivity index (χ0) is 21.8. The Labute approximate surface area is 184 Å². The molecule has 0 atom stereocenters. The average molecular weight is 442 g/mol. The summed E-state index contributed by atoms with van der Waals surface area (Å²) in [5.74, 6) is 0.699. The number of piperazine rings is 1. The van der Waals surface area contributed by atoms with Crippen LogP contribution in [0.15, 0.2) is 47.8 Å². The van der Waals surface area contributed by atoms with E-state index in [-0.39, 0.29) is 11.7 Å². The number of amides is 1. The Morgan fingerprint density at radius 2 is 1.68 bits per heavy atom. The summed E-state index contributed by atoms with van der Waals surface area (Å²) in [6, 6.07) is 11.7. The van der Waals surface area contributed by atoms with Crippen LogP contribution in [-0.4, -0.2) is 61.1 Å². The van der Waals surface area contributed by atoms with Gasteiger partial charge in [0.15, 0.2) is 0 Å². The molecule has 0 radical (unpaired) electrons. The van der Waals surface area contributed by atoms with Crippen molar-refractivity contribution in [1.29, 1.82) is 0 Å². The highest BCUT2D eigenvalue weighted by atomic mass is 32.1. The van der Waals surface area contributed by atoms with E-state index in [1.807, 2.05) is 10.3 Å². The number of rotatable bonds is 6. The largest absolute Gasteiger partial charge is 0.496 e. The van der Waals surface area contributed by atoms with Gasteiger partial charge in [-0.25, -0.2) is 9.37 Å². The molecular formula is C23H24FN3O3S. The van der Waals surface area contributed by atoms with Crippen molar-refractivity contribution in [2.24, 2.45) is 0 Å². The van der Waals surface area contributed by atoms with Crippen molar-refractivity contribution >= 4 is 17.2 Å². The Kier molecular flexibility index (Phi) is 6.48. The van der Waals surface area contributed by atoms with Crippen molar-refractivity contribution < 1.29 is 18.7 Å². The molecule has 8 heteroatoms. The Morgan fingerprint density at radius 3 is 2.29 bits per heavy atom. The molecule has 1 saturated heterocycles. The van der Waals surface area contributed by atoms with E-state index in [1.165, 1.54) is 12.1 Å². The molecule has 6 nitrogen and oxygen atoms in total. The van der Waals surface area contributed by atoms with E-state index in [9.17, 15) is 9.18 Å². The predicted octanol–water partition coefficient (Wildman–Crippen LogP) is 3.92. The second kappa shape index (κ2) is 9.45. The van der Waals surface area contributed by atoms with Crippen molar-refractivity contribution in [3.05, 3.63) is 64.2 Å². The number of nitrogens with zero attached hydrogens (tertiary/aromatic N) is 3. The first-order chi connectivity index (χ1) is 15.1. The van der Waals surface area contributed by atoms with Crippen LogP contribution in [0.25, 0.3) is 11.3 Å². The molecule has 1 aromatic heterocycles. The second-order valence-electron chi connectivity index (χ2n) is 7.24. The lowest BCUT2D eigenvalue weighted by Crippen LogP contribution is -2.48. The van der Waals surface area contributed by atoms with E-state index in [4.69, 9.17) is 14.5 Å². The molecule has 1 aliphatic rings. The van der Waals surface area contributed by atoms with Gasteiger partial charge in [0.2, 0.25) is 0 Å². The lowest BCUT2D eigenvalue weighted by atomic mass is 10.1. The summed E-state index contributed by atoms with van der Waals surface area (Å²) in [5, 5.41) is 3.00. The van der Waals surface area contributed by atoms with Gasteiger partial charge >= 0.3 is 0 Å². The van der Waals surface area contributed by atoms with E-state index in [0.717, 1.165) is 35.9 Å². The number of aromatic nitrogens is 1. The van der Waals surface area contributed by atoms with Gasteiger partial charge in [-0.2, -0.15) is 0 Å². The minimum absolute atomic E-state index is 0.0817. The molecule has 1 amide bonds. The van der Waals surface area contributed by atoms with Crippen LogP contribution in [0.1, 0.15) is 15.4 Å². The average Bonchev–Trinajstić information content (AvgIpc) is 3.27. The van der Waals surface area contributed by atoms with E-state index in [1.54, 1.807) is 55.9 Å². The molecule has 1 aliphatic heterocycles. The van der Waals surface area contributed by atoms with Crippen molar-refractivity contribution in [1.82, 2.24) is 14.8 Å². The molecule has 0 N–H and O–H groups in total. The summed E-state index contributed by atoms with van der Waals surface area (Å²) in [4.78, 5) is 21.9. The molecule has 0 spiro atoms. The number of hydrogen-bond acceptors (Lipinski definition) is 6. The number of benzene rings is 2. The summed E-state index contributed by atoms with van der Waals surface area (Å²) >= 11 is 1.60. The molecule has 3 aromatic rings. The van der Waals surface area contributed by atoms with E-state index in [0.29, 0.717) is 30.2 Å². The van der Waals surface area contributed by atoms with Crippen LogP contribution < -0.4 is 9.47 Å². The maximum absolute atomic E-state index is 13.1. The first kappa shape index (κ1) is 21.3. The lowest BCUT2D eigenvalue weighted by molar-refractivity contribution is 0.0622. The second-order valence-corrected chi connectivity index (χ2v) is 8.18. The molecule has 0 unspecified atom stereocenters. The van der Waals surface area contributed by atoms with Crippen molar-refractivity contribution in [3.8, 4) is 22.8 Å². The highest BCUT2D eigenvalue weighted by molar-refractivity contribution is 7.09. The lowest BCUT2D eigenvalue weighted by Gasteiger charge is -2.34. The minimum Gasteiger partial charge on any atom is -0.496 e. The smallest absolute Gasteiger partial charge is 0.261 e. The Morgan fingerprint density at radius 1 is 1.03 bits per heavy atom. The summed E-state index contributed by atoms with van der Waals surface area (Å²) < 4.78 is 23.9. The minimum atomic E-state index is -0.252. The molecule has 2 aromatic carbocycles. The molecule has 0 bridgehead atoms. The van der Waals surface area contributed by atoms with Crippen molar-refractivity contribution in [2.45, 2.75) is 6.54 Å². The maximum atomic E-state index is 13.1. The zero-order valence-corrected chi connectivity index (χ0v) is 18.3. The van der Waals surface area contributed by atoms with E-state index >= 15 is 0 Å². The number of carbonyl (C=O) groups is 1. The number of methoxy groups -OCH3 is 2. The fourth-order valence-electron chi connectivity index (χ4n) is 3.66. The standard InChI is InChI=1S/C23H24FN3O3S/c1-29-19-4-3-5-20(30-2)22(19)23(28)27-12-10-26(11-13-27)14-21-25-18(15-31-21)16-6-8-17(24)9-7-16/h3-9,15H,10-14H2,1-2H3. The van der Waals surface area contributed by atoms with Crippen LogP contribution in [0, 0.1) is 5.82 Å². The summed E-state index contributed by atoms with van der Waals surface area (Å²) in [6.45, 7) is 3.49. The number of halogens is 1. The first-order valence-corrected chi connectivity index (χ1v) is 10.9. The van der Waals surface area contributed by atoms with Gasteiger partial charge in [0, 0.05) is 37.1 Å². The quantitative estimate of drug-likeness (QED) is 0.580. The molecule has 0 saturated carbocycles. The molecular weight excluding hydrogens is 417 g/mol. The van der Waals surface area contributed by atoms with Crippen LogP contribution in [0.5, 0.6) is 11.5 Å². The molecule has 4 rings (SSSR count). The molecule has 162 valence electrons. The summed E-state index contributed by atoms with van der Waals surface area (Å²) in [5.41, 5.74) is 2.23. The predicted molar refractivity (Wildman–Crippen MR) is 118 cm³/mol. The number of carbonyl (C=O) groups excluding carboxylic acids is 1. The Bertz CT molecular complexity index is 1020. The van der Waals surface area contributed by atoms with Crippen LogP contribution in [0.3, 0.4) is 0 Å². The first-order valence-electron chi connectivity index (χ1n) is 10.0. The SMILES string of the molecule is COc1cccc(OC)c1C(=O)N1CCN(Cc2nc(-c3ccc(F)cc3)cs2)CC1. The maximum Gasteiger partial charge on any atom is 0.261 e. The van der Waals surface area contributed by atoms with Gasteiger partial charge < -0.3 is 14.4 Å². The zero-order valence-electron chi connectivity index (χ0n) is 17.5. The van der Waals surface area contributed by atoms with Crippen molar-refractivity contribution in [2.75, 3.05) is 40.4 Å². The number of hydrogen-bond donors (Lipinski definition) is 0. The van der Waals surface area contributed by atoms with Gasteiger partial charge in [0.05, 0.1) is 26.5 Å². The Balaban J connectivity index is 1.37. The van der Waals surface area contributed by atoms with Gasteiger partial charge in [-0.1, -0.05) is 6.07 Å². The van der Waals surface area contributed by atoms with Gasteiger partial charge in [0.1, 0.15) is 27.9 Å².